The molecule has 0 spiro atoms. The van der Waals surface area contributed by atoms with Gasteiger partial charge in [0, 0.05) is 43.3 Å². The lowest BCUT2D eigenvalue weighted by atomic mass is 10.1. The van der Waals surface area contributed by atoms with Crippen molar-refractivity contribution in [2.75, 3.05) is 11.9 Å². The van der Waals surface area contributed by atoms with Gasteiger partial charge in [-0.2, -0.15) is 0 Å². The number of hydrogen-bond acceptors (Lipinski definition) is 7. The van der Waals surface area contributed by atoms with Crippen LogP contribution >= 0.6 is 0 Å². The molecule has 0 radical (unpaired) electrons. The normalized spacial score (nSPS) is 16.1. The summed E-state index contributed by atoms with van der Waals surface area (Å²) in [6.07, 6.45) is 7.98. The summed E-state index contributed by atoms with van der Waals surface area (Å²) in [5.74, 6) is -0.303. The number of nitrogens with one attached hydrogen (secondary N) is 2. The van der Waals surface area contributed by atoms with Gasteiger partial charge in [0.1, 0.15) is 5.82 Å². The summed E-state index contributed by atoms with van der Waals surface area (Å²) >= 11 is 0. The van der Waals surface area contributed by atoms with Crippen LogP contribution in [0.4, 0.5) is 10.6 Å². The van der Waals surface area contributed by atoms with E-state index in [1.165, 1.54) is 48.9 Å². The van der Waals surface area contributed by atoms with Crippen LogP contribution in [-0.4, -0.2) is 47.4 Å². The lowest BCUT2D eigenvalue weighted by Gasteiger charge is -2.21. The van der Waals surface area contributed by atoms with Crippen molar-refractivity contribution in [2.24, 2.45) is 0 Å². The third-order valence-corrected chi connectivity index (χ3v) is 6.96. The van der Waals surface area contributed by atoms with E-state index in [9.17, 15) is 18.0 Å². The molecule has 0 saturated carbocycles. The highest BCUT2D eigenvalue weighted by molar-refractivity contribution is 7.90. The first-order chi connectivity index (χ1) is 17.3. The lowest BCUT2D eigenvalue weighted by Crippen LogP contribution is -2.32. The van der Waals surface area contributed by atoms with Crippen molar-refractivity contribution in [2.45, 2.75) is 30.4 Å². The van der Waals surface area contributed by atoms with E-state index in [-0.39, 0.29) is 10.7 Å². The predicted octanol–water partition coefficient (Wildman–Crippen LogP) is 3.46. The third kappa shape index (κ3) is 6.36. The van der Waals surface area contributed by atoms with Crippen LogP contribution in [-0.2, 0) is 24.4 Å². The van der Waals surface area contributed by atoms with Crippen molar-refractivity contribution in [3.63, 3.8) is 0 Å². The monoisotopic (exact) mass is 512 g/mol. The zero-order valence-corrected chi connectivity index (χ0v) is 19.8. The van der Waals surface area contributed by atoms with Crippen molar-refractivity contribution >= 4 is 33.9 Å². The van der Waals surface area contributed by atoms with Gasteiger partial charge in [0.05, 0.1) is 4.90 Å². The molecule has 3 aromatic rings. The zero-order chi connectivity index (χ0) is 25.5. The first kappa shape index (κ1) is 25.1. The van der Waals surface area contributed by atoms with E-state index in [2.05, 4.69) is 15.8 Å². The van der Waals surface area contributed by atoms with E-state index in [0.717, 1.165) is 16.8 Å². The number of carboxylic acid groups (broad SMARTS) is 1. The van der Waals surface area contributed by atoms with Crippen LogP contribution < -0.4 is 10.8 Å². The molecule has 1 saturated heterocycles. The molecule has 12 heteroatoms. The molecule has 1 atom stereocenters. The molecule has 2 aromatic heterocycles. The predicted molar refractivity (Wildman–Crippen MR) is 130 cm³/mol. The minimum Gasteiger partial charge on any atom is -0.465 e. The molecule has 1 aliphatic rings. The number of nitrogens with zero attached hydrogens (tertiary/aromatic N) is 2. The molecular formula is C24H24N4O7S. The van der Waals surface area contributed by atoms with Crippen LogP contribution in [0.3, 0.4) is 0 Å². The Balaban J connectivity index is 1.38. The van der Waals surface area contributed by atoms with E-state index in [1.807, 2.05) is 0 Å². The number of aromatic nitrogens is 2. The molecule has 1 aliphatic heterocycles. The highest BCUT2D eigenvalue weighted by atomic mass is 32.2. The molecule has 36 heavy (non-hydrogen) atoms. The number of hydrogen-bond donors (Lipinski definition) is 3. The Kier molecular flexibility index (Phi) is 7.78. The molecule has 3 N–H and O–H groups in total. The van der Waals surface area contributed by atoms with Gasteiger partial charge in [0.15, 0.2) is 6.29 Å². The summed E-state index contributed by atoms with van der Waals surface area (Å²) in [6, 6.07) is 11.0. The van der Waals surface area contributed by atoms with Gasteiger partial charge in [0.25, 0.3) is 15.9 Å². The van der Waals surface area contributed by atoms with Crippen molar-refractivity contribution in [3.8, 4) is 11.1 Å². The van der Waals surface area contributed by atoms with Crippen LogP contribution in [0.15, 0.2) is 72.0 Å². The molecule has 1 aromatic carbocycles. The van der Waals surface area contributed by atoms with Crippen molar-refractivity contribution < 1.29 is 32.7 Å². The summed E-state index contributed by atoms with van der Waals surface area (Å²) in [6.45, 7) is 0.595. The Hall–Kier alpha value is -4.00. The van der Waals surface area contributed by atoms with Crippen LogP contribution in [0.25, 0.3) is 17.2 Å². The average molecular weight is 513 g/mol. The molecule has 0 bridgehead atoms. The molecular weight excluding hydrogens is 488 g/mol. The third-order valence-electron chi connectivity index (χ3n) is 5.31. The fourth-order valence-corrected chi connectivity index (χ4v) is 4.67. The Morgan fingerprint density at radius 2 is 1.89 bits per heavy atom. The second-order valence-corrected chi connectivity index (χ2v) is 9.72. The quantitative estimate of drug-likeness (QED) is 0.307. The number of carbonyl (C=O) groups is 2. The topological polar surface area (TPSA) is 149 Å². The summed E-state index contributed by atoms with van der Waals surface area (Å²) in [5.41, 5.74) is 4.23. The largest absolute Gasteiger partial charge is 0.465 e. The summed E-state index contributed by atoms with van der Waals surface area (Å²) in [4.78, 5) is 31.9. The minimum atomic E-state index is -3.85. The summed E-state index contributed by atoms with van der Waals surface area (Å²) in [5, 5.41) is 10.9. The van der Waals surface area contributed by atoms with E-state index in [1.54, 1.807) is 24.3 Å². The van der Waals surface area contributed by atoms with Crippen molar-refractivity contribution in [1.29, 1.82) is 0 Å². The van der Waals surface area contributed by atoms with Gasteiger partial charge in [-0.05, 0) is 60.4 Å². The number of amides is 2. The van der Waals surface area contributed by atoms with Gasteiger partial charge in [-0.25, -0.2) is 32.5 Å². The maximum Gasteiger partial charge on any atom is 0.410 e. The Bertz CT molecular complexity index is 1340. The average Bonchev–Trinajstić information content (AvgIpc) is 3.37. The van der Waals surface area contributed by atoms with E-state index < -0.39 is 28.3 Å². The maximum absolute atomic E-state index is 13.0. The van der Waals surface area contributed by atoms with Crippen molar-refractivity contribution in [1.82, 2.24) is 14.4 Å². The fraction of sp³-hybridized carbons (Fsp3) is 0.208. The fourth-order valence-electron chi connectivity index (χ4n) is 3.46. The number of pyridine rings is 1. The number of rotatable bonds is 8. The van der Waals surface area contributed by atoms with Gasteiger partial charge < -0.3 is 9.84 Å². The number of carbonyl (C=O) groups excluding carboxylic acids is 1. The van der Waals surface area contributed by atoms with Crippen LogP contribution in [0, 0.1) is 0 Å². The van der Waals surface area contributed by atoms with Crippen LogP contribution in [0.2, 0.25) is 0 Å². The highest BCUT2D eigenvalue weighted by Gasteiger charge is 2.17. The first-order valence-corrected chi connectivity index (χ1v) is 12.5. The number of hydroxylamine groups is 1. The zero-order valence-electron chi connectivity index (χ0n) is 19.0. The SMILES string of the molecule is O=C(O)Nc1ccc(-c2ccc(S(=O)(=O)n3ccc(/C=C/C(=O)NOC4CCCCO4)c3)cc2)cn1. The minimum absolute atomic E-state index is 0.0770. The molecule has 2 amide bonds. The van der Waals surface area contributed by atoms with Crippen LogP contribution in [0.5, 0.6) is 0 Å². The van der Waals surface area contributed by atoms with Crippen molar-refractivity contribution in [3.05, 3.63) is 72.7 Å². The second kappa shape index (κ2) is 11.2. The Morgan fingerprint density at radius 3 is 2.56 bits per heavy atom. The smallest absolute Gasteiger partial charge is 0.410 e. The molecule has 1 fully saturated rings. The first-order valence-electron chi connectivity index (χ1n) is 11.1. The van der Waals surface area contributed by atoms with Gasteiger partial charge in [-0.15, -0.1) is 0 Å². The van der Waals surface area contributed by atoms with E-state index in [0.29, 0.717) is 29.7 Å². The van der Waals surface area contributed by atoms with E-state index >= 15 is 0 Å². The number of ether oxygens (including phenoxy) is 1. The molecule has 1 unspecified atom stereocenters. The Labute approximate surface area is 207 Å². The highest BCUT2D eigenvalue weighted by Crippen LogP contribution is 2.23. The van der Waals surface area contributed by atoms with Gasteiger partial charge >= 0.3 is 6.09 Å². The molecule has 11 nitrogen and oxygen atoms in total. The summed E-state index contributed by atoms with van der Waals surface area (Å²) in [7, 11) is -3.85. The Morgan fingerprint density at radius 1 is 1.11 bits per heavy atom. The van der Waals surface area contributed by atoms with Crippen LogP contribution in [0.1, 0.15) is 24.8 Å². The lowest BCUT2D eigenvalue weighted by molar-refractivity contribution is -0.198. The van der Waals surface area contributed by atoms with Gasteiger partial charge in [-0.1, -0.05) is 12.1 Å². The summed E-state index contributed by atoms with van der Waals surface area (Å²) < 4.78 is 32.5. The molecule has 3 heterocycles. The van der Waals surface area contributed by atoms with Gasteiger partial charge in [-0.3, -0.25) is 10.1 Å². The number of benzene rings is 1. The molecule has 0 aliphatic carbocycles. The standard InChI is InChI=1S/C24H24N4O7S/c29-22(27-35-23-3-1-2-14-34-23)11-4-17-12-13-28(16-17)36(32,33)20-8-5-18(6-9-20)19-7-10-21(25-15-19)26-24(30)31/h4-13,15-16,23H,1-3,14H2,(H,25,26)(H,27,29)(H,30,31)/b11-4+. The second-order valence-electron chi connectivity index (χ2n) is 7.88. The van der Waals surface area contributed by atoms with E-state index in [4.69, 9.17) is 14.7 Å². The van der Waals surface area contributed by atoms with Gasteiger partial charge in [0.2, 0.25) is 0 Å². The maximum atomic E-state index is 13.0. The molecule has 4 rings (SSSR count). The number of anilines is 1. The molecule has 188 valence electrons.